The molecule has 6 heteroatoms. The summed E-state index contributed by atoms with van der Waals surface area (Å²) in [6.45, 7) is 1.98. The molecule has 0 saturated carbocycles. The molecule has 0 amide bonds. The molecule has 1 heterocycles. The monoisotopic (exact) mass is 400 g/mol. The van der Waals surface area contributed by atoms with Gasteiger partial charge in [0.2, 0.25) is 0 Å². The van der Waals surface area contributed by atoms with E-state index in [1.54, 1.807) is 0 Å². The summed E-state index contributed by atoms with van der Waals surface area (Å²) in [5.41, 5.74) is 0. The second kappa shape index (κ2) is 15.9. The molecule has 0 aromatic rings. The molecule has 0 aromatic carbocycles. The number of hydrogen-bond acceptors (Lipinski definition) is 6. The van der Waals surface area contributed by atoms with Crippen LogP contribution in [-0.4, -0.2) is 58.9 Å². The molecule has 1 aliphatic rings. The third-order valence-electron chi connectivity index (χ3n) is 5.13. The highest BCUT2D eigenvalue weighted by molar-refractivity contribution is 5.69. The number of carbonyl (C=O) groups excluding carboxylic acids is 1. The van der Waals surface area contributed by atoms with E-state index < -0.39 is 24.4 Å². The van der Waals surface area contributed by atoms with Crippen molar-refractivity contribution in [2.45, 2.75) is 108 Å². The minimum absolute atomic E-state index is 0.0222. The van der Waals surface area contributed by atoms with E-state index in [1.165, 1.54) is 44.9 Å². The van der Waals surface area contributed by atoms with E-state index in [0.717, 1.165) is 25.7 Å². The normalized spacial score (nSPS) is 23.4. The van der Waals surface area contributed by atoms with Gasteiger partial charge in [-0.3, -0.25) is 4.79 Å². The first-order valence-electron chi connectivity index (χ1n) is 11.0. The van der Waals surface area contributed by atoms with Crippen molar-refractivity contribution in [2.75, 3.05) is 13.2 Å². The standard InChI is InChI=1S/C22H40O6/c1-2-3-4-5-6-7-8-9-10-11-12-13-14-15-20(25)27-17-19(24)22-21(26)18(23)16-28-22/h7-8,18-19,21-24,26H,2-6,9-17H2,1H3/b8-7+. The average molecular weight is 401 g/mol. The second-order valence-electron chi connectivity index (χ2n) is 7.73. The highest BCUT2D eigenvalue weighted by Gasteiger charge is 2.39. The van der Waals surface area contributed by atoms with Gasteiger partial charge in [0.1, 0.15) is 31.0 Å². The number of ether oxygens (including phenoxy) is 2. The highest BCUT2D eigenvalue weighted by atomic mass is 16.6. The molecule has 1 rings (SSSR count). The molecule has 1 saturated heterocycles. The first kappa shape index (κ1) is 25.1. The lowest BCUT2D eigenvalue weighted by Crippen LogP contribution is -2.41. The molecule has 3 N–H and O–H groups in total. The Balaban J connectivity index is 1.91. The number of hydrogen-bond donors (Lipinski definition) is 3. The van der Waals surface area contributed by atoms with Crippen molar-refractivity contribution in [1.29, 1.82) is 0 Å². The largest absolute Gasteiger partial charge is 0.463 e. The topological polar surface area (TPSA) is 96.2 Å². The summed E-state index contributed by atoms with van der Waals surface area (Å²) in [7, 11) is 0. The van der Waals surface area contributed by atoms with Crippen LogP contribution in [0.4, 0.5) is 0 Å². The molecule has 164 valence electrons. The Morgan fingerprint density at radius 1 is 1.04 bits per heavy atom. The van der Waals surface area contributed by atoms with Crippen LogP contribution in [0.1, 0.15) is 84.0 Å². The van der Waals surface area contributed by atoms with E-state index in [0.29, 0.717) is 6.42 Å². The summed E-state index contributed by atoms with van der Waals surface area (Å²) >= 11 is 0. The molecule has 28 heavy (non-hydrogen) atoms. The highest BCUT2D eigenvalue weighted by Crippen LogP contribution is 2.18. The van der Waals surface area contributed by atoms with Gasteiger partial charge in [0.25, 0.3) is 0 Å². The molecule has 1 fully saturated rings. The third-order valence-corrected chi connectivity index (χ3v) is 5.13. The van der Waals surface area contributed by atoms with Gasteiger partial charge in [0, 0.05) is 6.42 Å². The Morgan fingerprint density at radius 2 is 1.64 bits per heavy atom. The number of carbonyl (C=O) groups is 1. The maximum atomic E-state index is 11.7. The molecule has 0 aromatic heterocycles. The van der Waals surface area contributed by atoms with Crippen molar-refractivity contribution in [3.05, 3.63) is 12.2 Å². The van der Waals surface area contributed by atoms with Crippen LogP contribution in [0, 0.1) is 0 Å². The maximum Gasteiger partial charge on any atom is 0.305 e. The Morgan fingerprint density at radius 3 is 2.25 bits per heavy atom. The number of allylic oxidation sites excluding steroid dienone is 2. The van der Waals surface area contributed by atoms with Gasteiger partial charge in [-0.15, -0.1) is 0 Å². The van der Waals surface area contributed by atoms with Gasteiger partial charge < -0.3 is 24.8 Å². The lowest BCUT2D eigenvalue weighted by atomic mass is 10.1. The summed E-state index contributed by atoms with van der Waals surface area (Å²) in [6, 6.07) is 0. The molecule has 0 spiro atoms. The molecule has 0 aliphatic carbocycles. The lowest BCUT2D eigenvalue weighted by Gasteiger charge is -2.20. The molecule has 4 unspecified atom stereocenters. The Kier molecular flexibility index (Phi) is 14.3. The minimum Gasteiger partial charge on any atom is -0.463 e. The summed E-state index contributed by atoms with van der Waals surface area (Å²) in [5, 5.41) is 28.9. The number of aliphatic hydroxyl groups is 3. The summed E-state index contributed by atoms with van der Waals surface area (Å²) in [4.78, 5) is 11.7. The van der Waals surface area contributed by atoms with Gasteiger partial charge >= 0.3 is 5.97 Å². The minimum atomic E-state index is -1.15. The fraction of sp³-hybridized carbons (Fsp3) is 0.864. The Hall–Kier alpha value is -0.950. The van der Waals surface area contributed by atoms with E-state index in [4.69, 9.17) is 9.47 Å². The molecular formula is C22H40O6. The van der Waals surface area contributed by atoms with Gasteiger partial charge in [-0.1, -0.05) is 57.6 Å². The zero-order valence-corrected chi connectivity index (χ0v) is 17.4. The smallest absolute Gasteiger partial charge is 0.305 e. The number of unbranched alkanes of at least 4 members (excludes halogenated alkanes) is 9. The van der Waals surface area contributed by atoms with Gasteiger partial charge in [0.15, 0.2) is 0 Å². The van der Waals surface area contributed by atoms with Gasteiger partial charge in [-0.2, -0.15) is 0 Å². The number of rotatable bonds is 16. The first-order valence-corrected chi connectivity index (χ1v) is 11.0. The van der Waals surface area contributed by atoms with Crippen LogP contribution in [0.15, 0.2) is 12.2 Å². The van der Waals surface area contributed by atoms with Crippen LogP contribution >= 0.6 is 0 Å². The van der Waals surface area contributed by atoms with Crippen LogP contribution in [-0.2, 0) is 14.3 Å². The van der Waals surface area contributed by atoms with Crippen LogP contribution < -0.4 is 0 Å². The van der Waals surface area contributed by atoms with E-state index in [1.807, 2.05) is 0 Å². The van der Waals surface area contributed by atoms with Crippen LogP contribution in [0.25, 0.3) is 0 Å². The summed E-state index contributed by atoms with van der Waals surface area (Å²) < 4.78 is 10.1. The average Bonchev–Trinajstić information content (AvgIpc) is 3.02. The third kappa shape index (κ3) is 11.1. The molecule has 1 aliphatic heterocycles. The SMILES string of the molecule is CCCCCC/C=C/CCCCCCCC(=O)OCC(O)C1OCC(O)C1O. The zero-order chi connectivity index (χ0) is 20.6. The van der Waals surface area contributed by atoms with Crippen LogP contribution in [0.2, 0.25) is 0 Å². The molecule has 6 nitrogen and oxygen atoms in total. The van der Waals surface area contributed by atoms with Crippen LogP contribution in [0.3, 0.4) is 0 Å². The van der Waals surface area contributed by atoms with Crippen LogP contribution in [0.5, 0.6) is 0 Å². The predicted octanol–water partition coefficient (Wildman–Crippen LogP) is 3.27. The molecule has 0 radical (unpaired) electrons. The van der Waals surface area contributed by atoms with E-state index in [9.17, 15) is 20.1 Å². The Labute approximate surface area is 169 Å². The second-order valence-corrected chi connectivity index (χ2v) is 7.73. The van der Waals surface area contributed by atoms with Crippen molar-refractivity contribution in [2.24, 2.45) is 0 Å². The molecule has 4 atom stereocenters. The summed E-state index contributed by atoms with van der Waals surface area (Å²) in [6.07, 6.45) is 13.6. The number of aliphatic hydroxyl groups excluding tert-OH is 3. The summed E-state index contributed by atoms with van der Waals surface area (Å²) in [5.74, 6) is -0.349. The van der Waals surface area contributed by atoms with E-state index in [-0.39, 0.29) is 19.2 Å². The van der Waals surface area contributed by atoms with E-state index >= 15 is 0 Å². The van der Waals surface area contributed by atoms with E-state index in [2.05, 4.69) is 19.1 Å². The quantitative estimate of drug-likeness (QED) is 0.209. The number of esters is 1. The maximum absolute atomic E-state index is 11.7. The molecule has 0 bridgehead atoms. The van der Waals surface area contributed by atoms with Crippen molar-refractivity contribution in [1.82, 2.24) is 0 Å². The predicted molar refractivity (Wildman–Crippen MR) is 109 cm³/mol. The van der Waals surface area contributed by atoms with Gasteiger partial charge in [0.05, 0.1) is 6.61 Å². The van der Waals surface area contributed by atoms with Gasteiger partial charge in [-0.25, -0.2) is 0 Å². The van der Waals surface area contributed by atoms with Crippen molar-refractivity contribution < 1.29 is 29.6 Å². The van der Waals surface area contributed by atoms with Crippen molar-refractivity contribution in [3.8, 4) is 0 Å². The molecular weight excluding hydrogens is 360 g/mol. The first-order chi connectivity index (χ1) is 13.6. The Bertz CT molecular complexity index is 425. The van der Waals surface area contributed by atoms with Gasteiger partial charge in [-0.05, 0) is 32.1 Å². The zero-order valence-electron chi connectivity index (χ0n) is 17.4. The fourth-order valence-corrected chi connectivity index (χ4v) is 3.30. The fourth-order valence-electron chi connectivity index (χ4n) is 3.30. The lowest BCUT2D eigenvalue weighted by molar-refractivity contribution is -0.151. The van der Waals surface area contributed by atoms with Crippen molar-refractivity contribution in [3.63, 3.8) is 0 Å². The van der Waals surface area contributed by atoms with Crippen molar-refractivity contribution >= 4 is 5.97 Å².